The maximum absolute atomic E-state index is 12.2. The van der Waals surface area contributed by atoms with Crippen molar-refractivity contribution in [3.05, 3.63) is 59.7 Å². The van der Waals surface area contributed by atoms with E-state index in [1.807, 2.05) is 0 Å². The Morgan fingerprint density at radius 1 is 0.756 bits per heavy atom. The monoisotopic (exact) mass is 684 g/mol. The van der Waals surface area contributed by atoms with Gasteiger partial charge in [0.05, 0.1) is 33.8 Å². The summed E-state index contributed by atoms with van der Waals surface area (Å²) >= 11 is 0. The Balaban J connectivity index is 0.00000800. The molecule has 0 aliphatic carbocycles. The van der Waals surface area contributed by atoms with Gasteiger partial charge in [0, 0.05) is 12.6 Å². The number of hydrogen-bond donors (Lipinski definition) is 2. The van der Waals surface area contributed by atoms with Gasteiger partial charge in [-0.1, -0.05) is 12.1 Å². The van der Waals surface area contributed by atoms with E-state index in [1.165, 1.54) is 24.3 Å². The first-order chi connectivity index (χ1) is 18.1. The van der Waals surface area contributed by atoms with Gasteiger partial charge in [-0.2, -0.15) is 0 Å². The largest absolute Gasteiger partial charge is 1.00 e. The summed E-state index contributed by atoms with van der Waals surface area (Å²) in [4.78, 5) is 23.1. The first-order valence-electron chi connectivity index (χ1n) is 11.2. The number of sulfonamides is 1. The molecule has 2 N–H and O–H groups in total. The predicted octanol–water partition coefficient (Wildman–Crippen LogP) is -6.20. The summed E-state index contributed by atoms with van der Waals surface area (Å²) in [5, 5.41) is 2.94. The number of benzene rings is 2. The minimum Gasteiger partial charge on any atom is -0.744 e. The van der Waals surface area contributed by atoms with Crippen LogP contribution in [0.2, 0.25) is 0 Å². The molecule has 2 aromatic rings. The molecule has 0 amide bonds. The van der Waals surface area contributed by atoms with Crippen LogP contribution >= 0.6 is 0 Å². The third kappa shape index (κ3) is 16.3. The molecule has 0 spiro atoms. The summed E-state index contributed by atoms with van der Waals surface area (Å²) in [6, 6.07) is 8.26. The molecule has 0 fully saturated rings. The zero-order valence-corrected chi connectivity index (χ0v) is 31.3. The van der Waals surface area contributed by atoms with Crippen molar-refractivity contribution in [3.63, 3.8) is 0 Å². The van der Waals surface area contributed by atoms with E-state index in [4.69, 9.17) is 9.47 Å². The van der Waals surface area contributed by atoms with Crippen molar-refractivity contribution in [1.82, 2.24) is 10.0 Å². The fourth-order valence-electron chi connectivity index (χ4n) is 3.20. The van der Waals surface area contributed by atoms with Crippen molar-refractivity contribution in [3.8, 4) is 0 Å². The Morgan fingerprint density at radius 2 is 1.22 bits per heavy atom. The molecule has 216 valence electrons. The van der Waals surface area contributed by atoms with E-state index in [2.05, 4.69) is 10.0 Å². The molecule has 0 aromatic heterocycles. The molecule has 41 heavy (non-hydrogen) atoms. The third-order valence-corrected chi connectivity index (χ3v) is 7.40. The van der Waals surface area contributed by atoms with Crippen LogP contribution in [0.1, 0.15) is 33.6 Å². The standard InChI is InChI=1S/C22H28N2O12S3.2K/c1-37(27,28)24-18(9-12-35-21(25)16-4-2-6-19(14-16)38(29,30)31)8-10-23-11-13-36-22(26)17-5-3-7-20(15-17)39(32,33)34;;/h2-7,14-15,18,23-24H,8-13H2,1H3,(H,29,30,31)(H,32,33,34);;/q;2*+1/p-2. The van der Waals surface area contributed by atoms with Crippen LogP contribution in [-0.4, -0.2) is 84.9 Å². The summed E-state index contributed by atoms with van der Waals surface area (Å²) < 4.78 is 102. The summed E-state index contributed by atoms with van der Waals surface area (Å²) in [5.41, 5.74) is -0.266. The van der Waals surface area contributed by atoms with Crippen LogP contribution in [0.3, 0.4) is 0 Å². The second-order valence-electron chi connectivity index (χ2n) is 8.15. The maximum Gasteiger partial charge on any atom is 1.00 e. The van der Waals surface area contributed by atoms with Crippen LogP contribution in [0.15, 0.2) is 58.3 Å². The molecule has 14 nitrogen and oxygen atoms in total. The Labute approximate surface area is 324 Å². The summed E-state index contributed by atoms with van der Waals surface area (Å²) in [6.45, 7) is 0.125. The van der Waals surface area contributed by atoms with Crippen LogP contribution in [0.5, 0.6) is 0 Å². The Bertz CT molecular complexity index is 1500. The molecule has 0 aliphatic rings. The van der Waals surface area contributed by atoms with E-state index in [-0.39, 0.29) is 153 Å². The van der Waals surface area contributed by atoms with Gasteiger partial charge >= 0.3 is 115 Å². The average Bonchev–Trinajstić information content (AvgIpc) is 2.84. The van der Waals surface area contributed by atoms with Gasteiger partial charge in [-0.05, 0) is 55.8 Å². The molecule has 0 radical (unpaired) electrons. The Kier molecular flexibility index (Phi) is 19.1. The first kappa shape index (κ1) is 41.3. The quantitative estimate of drug-likeness (QED) is 0.0772. The smallest absolute Gasteiger partial charge is 0.744 e. The summed E-state index contributed by atoms with van der Waals surface area (Å²) in [5.74, 6) is -1.73. The first-order valence-corrected chi connectivity index (χ1v) is 15.9. The number of nitrogens with one attached hydrogen (secondary N) is 2. The normalized spacial score (nSPS) is 12.4. The maximum atomic E-state index is 12.2. The van der Waals surface area contributed by atoms with E-state index in [1.54, 1.807) is 0 Å². The van der Waals surface area contributed by atoms with Crippen molar-refractivity contribution < 1.29 is 156 Å². The molecule has 0 heterocycles. The molecule has 19 heteroatoms. The summed E-state index contributed by atoms with van der Waals surface area (Å²) in [6.07, 6.45) is 1.29. The SMILES string of the molecule is CS(=O)(=O)NC(CCNCCOC(=O)c1cccc(S(=O)(=O)[O-])c1)CCOC(=O)c1cccc(S(=O)(=O)[O-])c1.[K+].[K+]. The molecule has 0 bridgehead atoms. The molecule has 1 unspecified atom stereocenters. The molecule has 2 aromatic carbocycles. The third-order valence-electron chi connectivity index (χ3n) is 4.98. The molecular formula is C22H26K2N2O12S3. The number of hydrogen-bond acceptors (Lipinski definition) is 13. The fraction of sp³-hybridized carbons (Fsp3) is 0.364. The minimum atomic E-state index is -4.76. The van der Waals surface area contributed by atoms with Gasteiger partial charge in [0.15, 0.2) is 0 Å². The fourth-order valence-corrected chi connectivity index (χ4v) is 5.07. The van der Waals surface area contributed by atoms with Crippen molar-refractivity contribution in [2.75, 3.05) is 32.6 Å². The number of carbonyl (C=O) groups is 2. The number of carbonyl (C=O) groups excluding carboxylic acids is 2. The predicted molar refractivity (Wildman–Crippen MR) is 133 cm³/mol. The van der Waals surface area contributed by atoms with E-state index >= 15 is 0 Å². The van der Waals surface area contributed by atoms with Crippen molar-refractivity contribution in [2.24, 2.45) is 0 Å². The molecule has 2 rings (SSSR count). The molecular weight excluding hydrogens is 659 g/mol. The zero-order chi connectivity index (χ0) is 29.3. The number of ether oxygens (including phenoxy) is 2. The number of esters is 2. The van der Waals surface area contributed by atoms with Gasteiger partial charge in [-0.15, -0.1) is 0 Å². The van der Waals surface area contributed by atoms with E-state index in [0.717, 1.165) is 30.5 Å². The molecule has 0 saturated carbocycles. The van der Waals surface area contributed by atoms with E-state index in [0.29, 0.717) is 0 Å². The van der Waals surface area contributed by atoms with E-state index < -0.39 is 58.0 Å². The zero-order valence-electron chi connectivity index (χ0n) is 22.6. The Hall–Kier alpha value is 0.343. The van der Waals surface area contributed by atoms with Crippen LogP contribution in [0.25, 0.3) is 0 Å². The second-order valence-corrected chi connectivity index (χ2v) is 12.7. The molecule has 1 atom stereocenters. The van der Waals surface area contributed by atoms with Crippen LogP contribution in [0, 0.1) is 0 Å². The van der Waals surface area contributed by atoms with E-state index in [9.17, 15) is 43.9 Å². The van der Waals surface area contributed by atoms with Gasteiger partial charge in [-0.25, -0.2) is 39.6 Å². The number of rotatable bonds is 15. The van der Waals surface area contributed by atoms with Crippen LogP contribution < -0.4 is 113 Å². The van der Waals surface area contributed by atoms with Crippen LogP contribution in [0.4, 0.5) is 0 Å². The molecule has 0 aliphatic heterocycles. The van der Waals surface area contributed by atoms with Gasteiger partial charge in [0.1, 0.15) is 26.8 Å². The molecule has 0 saturated heterocycles. The second kappa shape index (κ2) is 19.0. The van der Waals surface area contributed by atoms with Gasteiger partial charge in [0.2, 0.25) is 10.0 Å². The Morgan fingerprint density at radius 3 is 1.66 bits per heavy atom. The summed E-state index contributed by atoms with van der Waals surface area (Å²) in [7, 11) is -13.1. The van der Waals surface area contributed by atoms with Gasteiger partial charge < -0.3 is 23.9 Å². The van der Waals surface area contributed by atoms with Crippen molar-refractivity contribution >= 4 is 42.2 Å². The van der Waals surface area contributed by atoms with Gasteiger partial charge in [0.25, 0.3) is 0 Å². The average molecular weight is 685 g/mol. The van der Waals surface area contributed by atoms with Crippen LogP contribution in [-0.2, 0) is 39.7 Å². The van der Waals surface area contributed by atoms with Crippen molar-refractivity contribution in [1.29, 1.82) is 0 Å². The van der Waals surface area contributed by atoms with Gasteiger partial charge in [-0.3, -0.25) is 0 Å². The minimum absolute atomic E-state index is 0. The topological polar surface area (TPSA) is 225 Å². The van der Waals surface area contributed by atoms with Crippen molar-refractivity contribution in [2.45, 2.75) is 28.7 Å².